The molecular weight excluding hydrogens is 230 g/mol. The fraction of sp³-hybridized carbons (Fsp3) is 0.0909. The minimum atomic E-state index is -1.18. The van der Waals surface area contributed by atoms with Gasteiger partial charge in [0, 0.05) is 10.6 Å². The zero-order valence-electron chi connectivity index (χ0n) is 8.53. The molecule has 0 heterocycles. The normalized spacial score (nSPS) is 11.0. The fourth-order valence-corrected chi connectivity index (χ4v) is 1.26. The molecule has 1 aromatic rings. The van der Waals surface area contributed by atoms with Gasteiger partial charge < -0.3 is 10.4 Å². The molecule has 0 fully saturated rings. The number of carboxylic acid groups (broad SMARTS) is 1. The third-order valence-electron chi connectivity index (χ3n) is 1.85. The number of rotatable bonds is 3. The Morgan fingerprint density at radius 1 is 1.44 bits per heavy atom. The van der Waals surface area contributed by atoms with Crippen molar-refractivity contribution in [1.82, 2.24) is 5.32 Å². The van der Waals surface area contributed by atoms with Gasteiger partial charge in [-0.25, -0.2) is 4.79 Å². The largest absolute Gasteiger partial charge is 0.477 e. The minimum Gasteiger partial charge on any atom is -0.477 e. The molecule has 0 unspecified atom stereocenters. The number of carboxylic acids is 1. The van der Waals surface area contributed by atoms with Gasteiger partial charge in [0.25, 0.3) is 5.91 Å². The summed E-state index contributed by atoms with van der Waals surface area (Å²) in [6.45, 7) is 1.53. The van der Waals surface area contributed by atoms with E-state index in [9.17, 15) is 9.59 Å². The quantitative estimate of drug-likeness (QED) is 0.794. The molecule has 0 aliphatic heterocycles. The molecule has 0 radical (unpaired) electrons. The van der Waals surface area contributed by atoms with Crippen LogP contribution in [0.25, 0.3) is 0 Å². The van der Waals surface area contributed by atoms with Crippen molar-refractivity contribution < 1.29 is 14.7 Å². The highest BCUT2D eigenvalue weighted by atomic mass is 35.5. The van der Waals surface area contributed by atoms with Gasteiger partial charge in [0.2, 0.25) is 0 Å². The number of carbonyl (C=O) groups excluding carboxylic acids is 1. The van der Waals surface area contributed by atoms with E-state index < -0.39 is 11.9 Å². The molecule has 0 aromatic heterocycles. The van der Waals surface area contributed by atoms with Crippen molar-refractivity contribution in [3.63, 3.8) is 0 Å². The van der Waals surface area contributed by atoms with E-state index in [1.165, 1.54) is 19.1 Å². The van der Waals surface area contributed by atoms with Crippen LogP contribution in [0.1, 0.15) is 17.3 Å². The van der Waals surface area contributed by atoms with Gasteiger partial charge in [0.1, 0.15) is 5.70 Å². The molecule has 0 atom stereocenters. The summed E-state index contributed by atoms with van der Waals surface area (Å²) in [7, 11) is 0. The van der Waals surface area contributed by atoms with Gasteiger partial charge in [0.05, 0.1) is 0 Å². The molecule has 84 valence electrons. The molecule has 0 aliphatic rings. The Hall–Kier alpha value is -1.81. The number of benzene rings is 1. The fourth-order valence-electron chi connectivity index (χ4n) is 1.07. The third kappa shape index (κ3) is 3.10. The van der Waals surface area contributed by atoms with Gasteiger partial charge in [-0.15, -0.1) is 0 Å². The SMILES string of the molecule is CC=C(NC(=O)c1cccc(Cl)c1)C(=O)O. The molecule has 1 amide bonds. The van der Waals surface area contributed by atoms with Gasteiger partial charge in [0.15, 0.2) is 0 Å². The van der Waals surface area contributed by atoms with Crippen LogP contribution in [0.3, 0.4) is 0 Å². The lowest BCUT2D eigenvalue weighted by atomic mass is 10.2. The third-order valence-corrected chi connectivity index (χ3v) is 2.09. The first-order valence-electron chi connectivity index (χ1n) is 4.51. The highest BCUT2D eigenvalue weighted by Gasteiger charge is 2.11. The number of aliphatic carboxylic acids is 1. The molecule has 0 bridgehead atoms. The minimum absolute atomic E-state index is 0.162. The summed E-state index contributed by atoms with van der Waals surface area (Å²) in [4.78, 5) is 22.3. The maximum atomic E-state index is 11.6. The lowest BCUT2D eigenvalue weighted by molar-refractivity contribution is -0.133. The van der Waals surface area contributed by atoms with Crippen molar-refractivity contribution in [3.05, 3.63) is 46.6 Å². The molecular formula is C11H10ClNO3. The zero-order valence-corrected chi connectivity index (χ0v) is 9.28. The highest BCUT2D eigenvalue weighted by Crippen LogP contribution is 2.10. The van der Waals surface area contributed by atoms with Crippen LogP contribution in [-0.4, -0.2) is 17.0 Å². The Labute approximate surface area is 97.5 Å². The molecule has 16 heavy (non-hydrogen) atoms. The van der Waals surface area contributed by atoms with Crippen molar-refractivity contribution in [1.29, 1.82) is 0 Å². The van der Waals surface area contributed by atoms with E-state index in [4.69, 9.17) is 16.7 Å². The second-order valence-electron chi connectivity index (χ2n) is 2.97. The van der Waals surface area contributed by atoms with E-state index in [0.29, 0.717) is 10.6 Å². The number of halogens is 1. The molecule has 2 N–H and O–H groups in total. The van der Waals surface area contributed by atoms with Crippen LogP contribution in [-0.2, 0) is 4.79 Å². The molecule has 1 rings (SSSR count). The predicted molar refractivity (Wildman–Crippen MR) is 60.3 cm³/mol. The van der Waals surface area contributed by atoms with Crippen LogP contribution in [0.15, 0.2) is 36.0 Å². The number of hydrogen-bond donors (Lipinski definition) is 2. The van der Waals surface area contributed by atoms with Crippen molar-refractivity contribution in [3.8, 4) is 0 Å². The topological polar surface area (TPSA) is 66.4 Å². The Balaban J connectivity index is 2.84. The Bertz CT molecular complexity index is 454. The number of nitrogens with one attached hydrogen (secondary N) is 1. The lowest BCUT2D eigenvalue weighted by Gasteiger charge is -2.05. The molecule has 0 spiro atoms. The van der Waals surface area contributed by atoms with Gasteiger partial charge in [-0.05, 0) is 25.1 Å². The van der Waals surface area contributed by atoms with Crippen LogP contribution in [0, 0.1) is 0 Å². The first-order valence-corrected chi connectivity index (χ1v) is 4.89. The van der Waals surface area contributed by atoms with Gasteiger partial charge in [-0.3, -0.25) is 4.79 Å². The molecule has 4 nitrogen and oxygen atoms in total. The van der Waals surface area contributed by atoms with Crippen LogP contribution in [0.2, 0.25) is 5.02 Å². The van der Waals surface area contributed by atoms with E-state index in [2.05, 4.69) is 5.32 Å². The second kappa shape index (κ2) is 5.32. The standard InChI is InChI=1S/C11H10ClNO3/c1-2-9(11(15)16)13-10(14)7-4-3-5-8(12)6-7/h2-6H,1H3,(H,13,14)(H,15,16). The summed E-state index contributed by atoms with van der Waals surface area (Å²) >= 11 is 5.71. The van der Waals surface area contributed by atoms with E-state index in [1.54, 1.807) is 18.2 Å². The molecule has 0 saturated heterocycles. The van der Waals surface area contributed by atoms with E-state index in [0.717, 1.165) is 0 Å². The van der Waals surface area contributed by atoms with Crippen LogP contribution in [0.5, 0.6) is 0 Å². The number of hydrogen-bond acceptors (Lipinski definition) is 2. The number of carbonyl (C=O) groups is 2. The van der Waals surface area contributed by atoms with Crippen LogP contribution in [0.4, 0.5) is 0 Å². The van der Waals surface area contributed by atoms with Crippen molar-refractivity contribution in [2.24, 2.45) is 0 Å². The summed E-state index contributed by atoms with van der Waals surface area (Å²) in [5, 5.41) is 11.4. The molecule has 0 aliphatic carbocycles. The summed E-state index contributed by atoms with van der Waals surface area (Å²) in [5.74, 6) is -1.68. The Morgan fingerprint density at radius 3 is 2.62 bits per heavy atom. The van der Waals surface area contributed by atoms with Gasteiger partial charge in [-0.2, -0.15) is 0 Å². The van der Waals surface area contributed by atoms with Gasteiger partial charge >= 0.3 is 5.97 Å². The summed E-state index contributed by atoms with van der Waals surface area (Å²) in [6, 6.07) is 6.27. The maximum Gasteiger partial charge on any atom is 0.352 e. The number of allylic oxidation sites excluding steroid dienone is 1. The predicted octanol–water partition coefficient (Wildman–Crippen LogP) is 2.06. The summed E-state index contributed by atoms with van der Waals surface area (Å²) in [5.41, 5.74) is 0.151. The van der Waals surface area contributed by atoms with E-state index >= 15 is 0 Å². The zero-order chi connectivity index (χ0) is 12.1. The van der Waals surface area contributed by atoms with Crippen molar-refractivity contribution in [2.75, 3.05) is 0 Å². The molecule has 1 aromatic carbocycles. The van der Waals surface area contributed by atoms with Crippen molar-refractivity contribution in [2.45, 2.75) is 6.92 Å². The maximum absolute atomic E-state index is 11.6. The average molecular weight is 240 g/mol. The summed E-state index contributed by atoms with van der Waals surface area (Å²) < 4.78 is 0. The van der Waals surface area contributed by atoms with Gasteiger partial charge in [-0.1, -0.05) is 23.7 Å². The molecule has 5 heteroatoms. The smallest absolute Gasteiger partial charge is 0.352 e. The van der Waals surface area contributed by atoms with Crippen LogP contribution < -0.4 is 5.32 Å². The first-order chi connectivity index (χ1) is 7.54. The summed E-state index contributed by atoms with van der Waals surface area (Å²) in [6.07, 6.45) is 1.31. The Kier molecular flexibility index (Phi) is 4.08. The first kappa shape index (κ1) is 12.3. The number of amides is 1. The lowest BCUT2D eigenvalue weighted by Crippen LogP contribution is -2.27. The Morgan fingerprint density at radius 2 is 2.12 bits per heavy atom. The van der Waals surface area contributed by atoms with E-state index in [-0.39, 0.29) is 5.70 Å². The van der Waals surface area contributed by atoms with E-state index in [1.807, 2.05) is 0 Å². The highest BCUT2D eigenvalue weighted by molar-refractivity contribution is 6.31. The van der Waals surface area contributed by atoms with Crippen molar-refractivity contribution >= 4 is 23.5 Å². The van der Waals surface area contributed by atoms with Crippen LogP contribution >= 0.6 is 11.6 Å². The monoisotopic (exact) mass is 239 g/mol. The average Bonchev–Trinajstić information content (AvgIpc) is 2.25. The second-order valence-corrected chi connectivity index (χ2v) is 3.41. The molecule has 0 saturated carbocycles.